The Kier molecular flexibility index (Phi) is 5.29. The molecule has 0 fully saturated rings. The molecule has 0 heterocycles. The zero-order valence-electron chi connectivity index (χ0n) is 10.0. The van der Waals surface area contributed by atoms with Gasteiger partial charge in [-0.3, -0.25) is 4.79 Å². The highest BCUT2D eigenvalue weighted by Crippen LogP contribution is 2.27. The SMILES string of the molecule is CCOc1ccc(CNCC(=O)O)cc1OC. The van der Waals surface area contributed by atoms with E-state index in [1.54, 1.807) is 7.11 Å². The summed E-state index contributed by atoms with van der Waals surface area (Å²) < 4.78 is 10.6. The van der Waals surface area contributed by atoms with Crippen molar-refractivity contribution in [3.8, 4) is 11.5 Å². The molecule has 0 saturated heterocycles. The number of benzene rings is 1. The lowest BCUT2D eigenvalue weighted by molar-refractivity contribution is -0.135. The molecule has 0 aromatic heterocycles. The molecule has 17 heavy (non-hydrogen) atoms. The van der Waals surface area contributed by atoms with Crippen molar-refractivity contribution in [1.29, 1.82) is 0 Å². The maximum Gasteiger partial charge on any atom is 0.317 e. The van der Waals surface area contributed by atoms with Gasteiger partial charge in [0.2, 0.25) is 0 Å². The molecule has 1 rings (SSSR count). The average Bonchev–Trinajstić information content (AvgIpc) is 2.30. The number of rotatable bonds is 7. The highest BCUT2D eigenvalue weighted by atomic mass is 16.5. The van der Waals surface area contributed by atoms with Gasteiger partial charge in [-0.2, -0.15) is 0 Å². The van der Waals surface area contributed by atoms with Crippen molar-refractivity contribution >= 4 is 5.97 Å². The number of carbonyl (C=O) groups is 1. The summed E-state index contributed by atoms with van der Waals surface area (Å²) >= 11 is 0. The summed E-state index contributed by atoms with van der Waals surface area (Å²) in [7, 11) is 1.58. The summed E-state index contributed by atoms with van der Waals surface area (Å²) in [5.41, 5.74) is 0.951. The highest BCUT2D eigenvalue weighted by Gasteiger charge is 2.05. The molecule has 5 heteroatoms. The van der Waals surface area contributed by atoms with Crippen LogP contribution >= 0.6 is 0 Å². The van der Waals surface area contributed by atoms with Crippen LogP contribution in [0.15, 0.2) is 18.2 Å². The molecule has 0 spiro atoms. The standard InChI is InChI=1S/C12H17NO4/c1-3-17-10-5-4-9(6-11(10)16-2)7-13-8-12(14)15/h4-6,13H,3,7-8H2,1-2H3,(H,14,15). The Balaban J connectivity index is 2.65. The van der Waals surface area contributed by atoms with Gasteiger partial charge in [-0.05, 0) is 24.6 Å². The lowest BCUT2D eigenvalue weighted by Crippen LogP contribution is -2.21. The van der Waals surface area contributed by atoms with Crippen LogP contribution in [0.25, 0.3) is 0 Å². The molecule has 0 radical (unpaired) electrons. The van der Waals surface area contributed by atoms with E-state index in [0.717, 1.165) is 5.56 Å². The van der Waals surface area contributed by atoms with E-state index in [1.165, 1.54) is 0 Å². The summed E-state index contributed by atoms with van der Waals surface area (Å²) in [5.74, 6) is 0.473. The van der Waals surface area contributed by atoms with Crippen molar-refractivity contribution in [3.05, 3.63) is 23.8 Å². The predicted molar refractivity (Wildman–Crippen MR) is 63.5 cm³/mol. The van der Waals surface area contributed by atoms with Gasteiger partial charge in [-0.25, -0.2) is 0 Å². The van der Waals surface area contributed by atoms with Gasteiger partial charge in [-0.15, -0.1) is 0 Å². The lowest BCUT2D eigenvalue weighted by Gasteiger charge is -2.11. The van der Waals surface area contributed by atoms with Crippen LogP contribution in [-0.2, 0) is 11.3 Å². The van der Waals surface area contributed by atoms with Gasteiger partial charge in [0.25, 0.3) is 0 Å². The van der Waals surface area contributed by atoms with Gasteiger partial charge in [0, 0.05) is 6.54 Å². The number of ether oxygens (including phenoxy) is 2. The molecule has 0 atom stereocenters. The van der Waals surface area contributed by atoms with Crippen LogP contribution in [0.3, 0.4) is 0 Å². The molecular formula is C12H17NO4. The first kappa shape index (κ1) is 13.3. The van der Waals surface area contributed by atoms with Gasteiger partial charge in [0.05, 0.1) is 20.3 Å². The molecule has 5 nitrogen and oxygen atoms in total. The third-order valence-corrected chi connectivity index (χ3v) is 2.13. The monoisotopic (exact) mass is 239 g/mol. The zero-order valence-corrected chi connectivity index (χ0v) is 10.0. The minimum atomic E-state index is -0.872. The second kappa shape index (κ2) is 6.75. The molecular weight excluding hydrogens is 222 g/mol. The number of hydrogen-bond donors (Lipinski definition) is 2. The van der Waals surface area contributed by atoms with Gasteiger partial charge in [-0.1, -0.05) is 6.07 Å². The number of carboxylic acids is 1. The third kappa shape index (κ3) is 4.32. The maximum absolute atomic E-state index is 10.3. The normalized spacial score (nSPS) is 10.0. The Labute approximate surface area is 100 Å². The first-order valence-corrected chi connectivity index (χ1v) is 5.39. The van der Waals surface area contributed by atoms with Gasteiger partial charge in [0.1, 0.15) is 0 Å². The summed E-state index contributed by atoms with van der Waals surface area (Å²) in [5, 5.41) is 11.3. The first-order valence-electron chi connectivity index (χ1n) is 5.39. The van der Waals surface area contributed by atoms with Gasteiger partial charge >= 0.3 is 5.97 Å². The van der Waals surface area contributed by atoms with Crippen LogP contribution in [0.5, 0.6) is 11.5 Å². The first-order chi connectivity index (χ1) is 8.17. The van der Waals surface area contributed by atoms with Crippen molar-refractivity contribution in [2.75, 3.05) is 20.3 Å². The number of hydrogen-bond acceptors (Lipinski definition) is 4. The summed E-state index contributed by atoms with van der Waals surface area (Å²) in [6.07, 6.45) is 0. The molecule has 0 bridgehead atoms. The van der Waals surface area contributed by atoms with E-state index < -0.39 is 5.97 Å². The van der Waals surface area contributed by atoms with Gasteiger partial charge in [0.15, 0.2) is 11.5 Å². The second-order valence-electron chi connectivity index (χ2n) is 3.42. The average molecular weight is 239 g/mol. The summed E-state index contributed by atoms with van der Waals surface area (Å²) in [4.78, 5) is 10.3. The van der Waals surface area contributed by atoms with Crippen LogP contribution in [0, 0.1) is 0 Å². The van der Waals surface area contributed by atoms with E-state index in [2.05, 4.69) is 5.32 Å². The quantitative estimate of drug-likeness (QED) is 0.750. The molecule has 94 valence electrons. The van der Waals surface area contributed by atoms with Gasteiger partial charge < -0.3 is 19.9 Å². The molecule has 0 unspecified atom stereocenters. The molecule has 0 saturated carbocycles. The predicted octanol–water partition coefficient (Wildman–Crippen LogP) is 1.27. The number of carboxylic acid groups (broad SMARTS) is 1. The molecule has 1 aromatic carbocycles. The minimum Gasteiger partial charge on any atom is -0.493 e. The van der Waals surface area contributed by atoms with Crippen molar-refractivity contribution in [3.63, 3.8) is 0 Å². The second-order valence-corrected chi connectivity index (χ2v) is 3.42. The Morgan fingerprint density at radius 3 is 2.76 bits per heavy atom. The smallest absolute Gasteiger partial charge is 0.317 e. The molecule has 1 aromatic rings. The fourth-order valence-corrected chi connectivity index (χ4v) is 1.41. The Morgan fingerprint density at radius 2 is 2.18 bits per heavy atom. The number of methoxy groups -OCH3 is 1. The molecule has 0 aliphatic carbocycles. The molecule has 0 aliphatic heterocycles. The van der Waals surface area contributed by atoms with Crippen molar-refractivity contribution in [2.24, 2.45) is 0 Å². The molecule has 0 aliphatic rings. The van der Waals surface area contributed by atoms with Crippen molar-refractivity contribution in [2.45, 2.75) is 13.5 Å². The summed E-state index contributed by atoms with van der Waals surface area (Å²) in [6.45, 7) is 2.90. The van der Waals surface area contributed by atoms with Crippen molar-refractivity contribution < 1.29 is 19.4 Å². The minimum absolute atomic E-state index is 0.0600. The largest absolute Gasteiger partial charge is 0.493 e. The lowest BCUT2D eigenvalue weighted by atomic mass is 10.2. The van der Waals surface area contributed by atoms with Crippen LogP contribution in [0.4, 0.5) is 0 Å². The van der Waals surface area contributed by atoms with E-state index in [-0.39, 0.29) is 6.54 Å². The molecule has 0 amide bonds. The van der Waals surface area contributed by atoms with Crippen LogP contribution in [-0.4, -0.2) is 31.3 Å². The fourth-order valence-electron chi connectivity index (χ4n) is 1.41. The Hall–Kier alpha value is -1.75. The number of nitrogens with one attached hydrogen (secondary N) is 1. The maximum atomic E-state index is 10.3. The fraction of sp³-hybridized carbons (Fsp3) is 0.417. The van der Waals surface area contributed by atoms with E-state index in [9.17, 15) is 4.79 Å². The van der Waals surface area contributed by atoms with E-state index >= 15 is 0 Å². The third-order valence-electron chi connectivity index (χ3n) is 2.13. The van der Waals surface area contributed by atoms with E-state index in [1.807, 2.05) is 25.1 Å². The molecule has 2 N–H and O–H groups in total. The Bertz CT molecular complexity index is 379. The zero-order chi connectivity index (χ0) is 12.7. The van der Waals surface area contributed by atoms with Crippen LogP contribution in [0.2, 0.25) is 0 Å². The highest BCUT2D eigenvalue weighted by molar-refractivity contribution is 5.69. The van der Waals surface area contributed by atoms with Crippen LogP contribution < -0.4 is 14.8 Å². The van der Waals surface area contributed by atoms with Crippen molar-refractivity contribution in [1.82, 2.24) is 5.32 Å². The van der Waals surface area contributed by atoms with E-state index in [0.29, 0.717) is 24.7 Å². The van der Waals surface area contributed by atoms with Crippen LogP contribution in [0.1, 0.15) is 12.5 Å². The topological polar surface area (TPSA) is 67.8 Å². The van der Waals surface area contributed by atoms with E-state index in [4.69, 9.17) is 14.6 Å². The number of aliphatic carboxylic acids is 1. The summed E-state index contributed by atoms with van der Waals surface area (Å²) in [6, 6.07) is 5.53. The Morgan fingerprint density at radius 1 is 1.41 bits per heavy atom.